The molecule has 0 radical (unpaired) electrons. The molecule has 2 unspecified atom stereocenters. The van der Waals surface area contributed by atoms with Gasteiger partial charge in [-0.1, -0.05) is 47.0 Å². The van der Waals surface area contributed by atoms with Gasteiger partial charge in [-0.25, -0.2) is 0 Å². The Bertz CT molecular complexity index is 112. The van der Waals surface area contributed by atoms with Crippen molar-refractivity contribution in [2.45, 2.75) is 72.3 Å². The SMILES string of the molecule is CCCCCNC(CC)CC(C)CC. The van der Waals surface area contributed by atoms with Gasteiger partial charge in [-0.3, -0.25) is 0 Å². The van der Waals surface area contributed by atoms with Crippen LogP contribution in [0.15, 0.2) is 0 Å². The zero-order valence-electron chi connectivity index (χ0n) is 10.6. The molecule has 0 aromatic heterocycles. The minimum absolute atomic E-state index is 0.752. The van der Waals surface area contributed by atoms with Crippen molar-refractivity contribution in [3.8, 4) is 0 Å². The summed E-state index contributed by atoms with van der Waals surface area (Å²) in [6.45, 7) is 10.4. The second kappa shape index (κ2) is 9.51. The van der Waals surface area contributed by atoms with Gasteiger partial charge < -0.3 is 5.32 Å². The molecule has 1 nitrogen and oxygen atoms in total. The highest BCUT2D eigenvalue weighted by molar-refractivity contribution is 4.67. The molecule has 0 bridgehead atoms. The summed E-state index contributed by atoms with van der Waals surface area (Å²) in [5.41, 5.74) is 0. The van der Waals surface area contributed by atoms with E-state index in [4.69, 9.17) is 0 Å². The summed E-state index contributed by atoms with van der Waals surface area (Å²) in [6, 6.07) is 0.752. The highest BCUT2D eigenvalue weighted by Gasteiger charge is 2.08. The van der Waals surface area contributed by atoms with E-state index in [2.05, 4.69) is 33.0 Å². The normalized spacial score (nSPS) is 15.4. The van der Waals surface area contributed by atoms with Crippen molar-refractivity contribution in [2.75, 3.05) is 6.54 Å². The van der Waals surface area contributed by atoms with Crippen LogP contribution >= 0.6 is 0 Å². The standard InChI is InChI=1S/C13H29N/c1-5-8-9-10-14-13(7-3)11-12(4)6-2/h12-14H,5-11H2,1-4H3. The first-order chi connectivity index (χ1) is 6.74. The molecule has 14 heavy (non-hydrogen) atoms. The molecule has 0 amide bonds. The lowest BCUT2D eigenvalue weighted by molar-refractivity contribution is 0.382. The molecular formula is C13H29N. The van der Waals surface area contributed by atoms with Crippen LogP contribution in [0.1, 0.15) is 66.2 Å². The monoisotopic (exact) mass is 199 g/mol. The molecule has 0 aromatic carbocycles. The average molecular weight is 199 g/mol. The smallest absolute Gasteiger partial charge is 0.00669 e. The summed E-state index contributed by atoms with van der Waals surface area (Å²) in [5, 5.41) is 3.67. The minimum Gasteiger partial charge on any atom is -0.314 e. The van der Waals surface area contributed by atoms with Crippen LogP contribution in [0.4, 0.5) is 0 Å². The molecule has 0 aliphatic heterocycles. The van der Waals surface area contributed by atoms with Gasteiger partial charge in [0.2, 0.25) is 0 Å². The van der Waals surface area contributed by atoms with E-state index in [1.54, 1.807) is 0 Å². The molecule has 1 N–H and O–H groups in total. The van der Waals surface area contributed by atoms with E-state index < -0.39 is 0 Å². The fourth-order valence-electron chi connectivity index (χ4n) is 1.73. The van der Waals surface area contributed by atoms with Crippen LogP contribution in [0, 0.1) is 5.92 Å². The summed E-state index contributed by atoms with van der Waals surface area (Å²) in [4.78, 5) is 0. The maximum absolute atomic E-state index is 3.67. The maximum atomic E-state index is 3.67. The molecular weight excluding hydrogens is 170 g/mol. The lowest BCUT2D eigenvalue weighted by Gasteiger charge is -2.20. The van der Waals surface area contributed by atoms with Gasteiger partial charge in [0.15, 0.2) is 0 Å². The van der Waals surface area contributed by atoms with Crippen LogP contribution in [0.25, 0.3) is 0 Å². The first kappa shape index (κ1) is 14.0. The van der Waals surface area contributed by atoms with Gasteiger partial charge in [-0.15, -0.1) is 0 Å². The van der Waals surface area contributed by atoms with Gasteiger partial charge >= 0.3 is 0 Å². The van der Waals surface area contributed by atoms with Gasteiger partial charge in [-0.2, -0.15) is 0 Å². The van der Waals surface area contributed by atoms with Crippen molar-refractivity contribution in [3.63, 3.8) is 0 Å². The van der Waals surface area contributed by atoms with Crippen molar-refractivity contribution in [1.82, 2.24) is 5.32 Å². The van der Waals surface area contributed by atoms with Gasteiger partial charge in [-0.05, 0) is 31.7 Å². The zero-order valence-corrected chi connectivity index (χ0v) is 10.6. The van der Waals surface area contributed by atoms with Crippen molar-refractivity contribution < 1.29 is 0 Å². The summed E-state index contributed by atoms with van der Waals surface area (Å²) in [7, 11) is 0. The highest BCUT2D eigenvalue weighted by atomic mass is 14.9. The number of hydrogen-bond acceptors (Lipinski definition) is 1. The van der Waals surface area contributed by atoms with Gasteiger partial charge in [0.25, 0.3) is 0 Å². The second-order valence-electron chi connectivity index (χ2n) is 4.52. The largest absolute Gasteiger partial charge is 0.314 e. The van der Waals surface area contributed by atoms with Crippen molar-refractivity contribution in [2.24, 2.45) is 5.92 Å². The third-order valence-electron chi connectivity index (χ3n) is 3.09. The van der Waals surface area contributed by atoms with Crippen molar-refractivity contribution in [3.05, 3.63) is 0 Å². The van der Waals surface area contributed by atoms with Crippen LogP contribution in [-0.2, 0) is 0 Å². The number of hydrogen-bond donors (Lipinski definition) is 1. The van der Waals surface area contributed by atoms with E-state index in [1.807, 2.05) is 0 Å². The molecule has 0 aromatic rings. The van der Waals surface area contributed by atoms with E-state index in [0.717, 1.165) is 12.0 Å². The second-order valence-corrected chi connectivity index (χ2v) is 4.52. The first-order valence-electron chi connectivity index (χ1n) is 6.47. The van der Waals surface area contributed by atoms with Gasteiger partial charge in [0.1, 0.15) is 0 Å². The fraction of sp³-hybridized carbons (Fsp3) is 1.00. The van der Waals surface area contributed by atoms with E-state index in [9.17, 15) is 0 Å². The Kier molecular flexibility index (Phi) is 9.49. The third kappa shape index (κ3) is 7.37. The van der Waals surface area contributed by atoms with Crippen LogP contribution in [0.5, 0.6) is 0 Å². The summed E-state index contributed by atoms with van der Waals surface area (Å²) in [5.74, 6) is 0.874. The Morgan fingerprint density at radius 3 is 2.21 bits per heavy atom. The maximum Gasteiger partial charge on any atom is 0.00669 e. The molecule has 86 valence electrons. The molecule has 2 atom stereocenters. The van der Waals surface area contributed by atoms with Gasteiger partial charge in [0, 0.05) is 6.04 Å². The van der Waals surface area contributed by atoms with E-state index in [-0.39, 0.29) is 0 Å². The van der Waals surface area contributed by atoms with E-state index in [0.29, 0.717) is 0 Å². The fourth-order valence-corrected chi connectivity index (χ4v) is 1.73. The highest BCUT2D eigenvalue weighted by Crippen LogP contribution is 2.11. The summed E-state index contributed by atoms with van der Waals surface area (Å²) < 4.78 is 0. The molecule has 0 saturated heterocycles. The van der Waals surface area contributed by atoms with Crippen LogP contribution < -0.4 is 5.32 Å². The summed E-state index contributed by atoms with van der Waals surface area (Å²) in [6.07, 6.45) is 7.97. The molecule has 0 aliphatic rings. The van der Waals surface area contributed by atoms with E-state index >= 15 is 0 Å². The lowest BCUT2D eigenvalue weighted by atomic mass is 9.98. The predicted octanol–water partition coefficient (Wildman–Crippen LogP) is 3.98. The predicted molar refractivity (Wildman–Crippen MR) is 65.7 cm³/mol. The Morgan fingerprint density at radius 2 is 1.71 bits per heavy atom. The average Bonchev–Trinajstić information content (AvgIpc) is 2.22. The molecule has 0 rings (SSSR count). The molecule has 0 aliphatic carbocycles. The van der Waals surface area contributed by atoms with Crippen LogP contribution in [0.3, 0.4) is 0 Å². The van der Waals surface area contributed by atoms with Crippen molar-refractivity contribution >= 4 is 0 Å². The molecule has 0 spiro atoms. The summed E-state index contributed by atoms with van der Waals surface area (Å²) >= 11 is 0. The Balaban J connectivity index is 3.47. The third-order valence-corrected chi connectivity index (χ3v) is 3.09. The Morgan fingerprint density at radius 1 is 1.00 bits per heavy atom. The molecule has 1 heteroatoms. The van der Waals surface area contributed by atoms with E-state index in [1.165, 1.54) is 45.1 Å². The van der Waals surface area contributed by atoms with Crippen LogP contribution in [-0.4, -0.2) is 12.6 Å². The topological polar surface area (TPSA) is 12.0 Å². The number of rotatable bonds is 9. The lowest BCUT2D eigenvalue weighted by Crippen LogP contribution is -2.30. The van der Waals surface area contributed by atoms with Crippen molar-refractivity contribution in [1.29, 1.82) is 0 Å². The zero-order chi connectivity index (χ0) is 10.8. The van der Waals surface area contributed by atoms with Gasteiger partial charge in [0.05, 0.1) is 0 Å². The molecule has 0 saturated carbocycles. The molecule has 0 fully saturated rings. The van der Waals surface area contributed by atoms with Crippen LogP contribution in [0.2, 0.25) is 0 Å². The Labute approximate surface area is 90.7 Å². The molecule has 0 heterocycles. The number of unbranched alkanes of at least 4 members (excludes halogenated alkanes) is 2. The Hall–Kier alpha value is -0.0400. The minimum atomic E-state index is 0.752. The quantitative estimate of drug-likeness (QED) is 0.554. The first-order valence-corrected chi connectivity index (χ1v) is 6.47. The number of nitrogens with one attached hydrogen (secondary N) is 1.